The first kappa shape index (κ1) is 19.0. The molecule has 1 heterocycles. The van der Waals surface area contributed by atoms with Crippen molar-refractivity contribution in [3.8, 4) is 0 Å². The number of nitrogens with zero attached hydrogens (tertiary/aromatic N) is 1. The quantitative estimate of drug-likeness (QED) is 0.842. The van der Waals surface area contributed by atoms with Gasteiger partial charge in [-0.1, -0.05) is 6.07 Å². The van der Waals surface area contributed by atoms with Crippen LogP contribution in [0.25, 0.3) is 0 Å². The molecule has 1 aliphatic heterocycles. The zero-order valence-corrected chi connectivity index (χ0v) is 16.0. The molecule has 2 N–H and O–H groups in total. The van der Waals surface area contributed by atoms with Gasteiger partial charge in [-0.25, -0.2) is 0 Å². The number of nitrogens with one attached hydrogen (secondary N) is 2. The lowest BCUT2D eigenvalue weighted by Gasteiger charge is -2.26. The summed E-state index contributed by atoms with van der Waals surface area (Å²) < 4.78 is 0. The average Bonchev–Trinajstić information content (AvgIpc) is 2.70. The van der Waals surface area contributed by atoms with Crippen molar-refractivity contribution in [2.45, 2.75) is 33.1 Å². The summed E-state index contributed by atoms with van der Waals surface area (Å²) in [4.78, 5) is 26.5. The monoisotopic (exact) mass is 365 g/mol. The Morgan fingerprint density at radius 1 is 0.889 bits per heavy atom. The molecule has 5 heteroatoms. The van der Waals surface area contributed by atoms with E-state index in [4.69, 9.17) is 0 Å². The summed E-state index contributed by atoms with van der Waals surface area (Å²) in [7, 11) is 0. The molecule has 5 nitrogen and oxygen atoms in total. The maximum absolute atomic E-state index is 12.5. The highest BCUT2D eigenvalue weighted by molar-refractivity contribution is 5.95. The van der Waals surface area contributed by atoms with Crippen molar-refractivity contribution in [3.63, 3.8) is 0 Å². The maximum atomic E-state index is 12.5. The Morgan fingerprint density at radius 3 is 2.22 bits per heavy atom. The van der Waals surface area contributed by atoms with Crippen molar-refractivity contribution in [1.82, 2.24) is 4.90 Å². The number of carbonyl (C=O) groups is 2. The lowest BCUT2D eigenvalue weighted by Crippen LogP contribution is -2.35. The molecule has 0 aromatic heterocycles. The molecule has 0 saturated carbocycles. The largest absolute Gasteiger partial charge is 0.376 e. The van der Waals surface area contributed by atoms with Crippen LogP contribution in [0.15, 0.2) is 42.5 Å². The summed E-state index contributed by atoms with van der Waals surface area (Å²) in [5, 5.41) is 5.99. The van der Waals surface area contributed by atoms with E-state index in [1.807, 2.05) is 61.2 Å². The second-order valence-electron chi connectivity index (χ2n) is 7.13. The van der Waals surface area contributed by atoms with Gasteiger partial charge in [0.15, 0.2) is 0 Å². The molecule has 0 bridgehead atoms. The molecule has 1 saturated heterocycles. The molecule has 142 valence electrons. The van der Waals surface area contributed by atoms with E-state index in [0.717, 1.165) is 42.9 Å². The lowest BCUT2D eigenvalue weighted by molar-refractivity contribution is -0.114. The number of benzene rings is 2. The maximum Gasteiger partial charge on any atom is 0.253 e. The molecule has 2 amide bonds. The van der Waals surface area contributed by atoms with Crippen LogP contribution in [0, 0.1) is 13.8 Å². The van der Waals surface area contributed by atoms with E-state index in [9.17, 15) is 9.59 Å². The normalized spacial score (nSPS) is 13.9. The van der Waals surface area contributed by atoms with Gasteiger partial charge in [-0.2, -0.15) is 0 Å². The topological polar surface area (TPSA) is 61.4 Å². The van der Waals surface area contributed by atoms with Crippen LogP contribution in [0.2, 0.25) is 0 Å². The molecule has 0 spiro atoms. The van der Waals surface area contributed by atoms with Crippen molar-refractivity contribution in [1.29, 1.82) is 0 Å². The van der Waals surface area contributed by atoms with Crippen molar-refractivity contribution in [2.24, 2.45) is 0 Å². The van der Waals surface area contributed by atoms with Crippen LogP contribution < -0.4 is 10.6 Å². The Balaban J connectivity index is 1.51. The average molecular weight is 365 g/mol. The molecule has 2 aromatic carbocycles. The van der Waals surface area contributed by atoms with E-state index in [1.165, 1.54) is 12.0 Å². The predicted octanol–water partition coefficient (Wildman–Crippen LogP) is 3.98. The number of carbonyl (C=O) groups excluding carboxylic acids is 2. The number of hydrogen-bond acceptors (Lipinski definition) is 3. The molecular formula is C22H27N3O2. The third-order valence-electron chi connectivity index (χ3n) is 5.02. The highest BCUT2D eigenvalue weighted by atomic mass is 16.2. The summed E-state index contributed by atoms with van der Waals surface area (Å²) in [5.41, 5.74) is 4.66. The molecule has 0 aliphatic carbocycles. The number of hydrogen-bond donors (Lipinski definition) is 2. The van der Waals surface area contributed by atoms with Gasteiger partial charge in [0.25, 0.3) is 5.91 Å². The van der Waals surface area contributed by atoms with Gasteiger partial charge >= 0.3 is 0 Å². The molecule has 1 aliphatic rings. The minimum atomic E-state index is -0.105. The fraction of sp³-hybridized carbons (Fsp3) is 0.364. The molecule has 0 unspecified atom stereocenters. The number of rotatable bonds is 5. The smallest absolute Gasteiger partial charge is 0.253 e. The predicted molar refractivity (Wildman–Crippen MR) is 109 cm³/mol. The number of anilines is 2. The van der Waals surface area contributed by atoms with Gasteiger partial charge < -0.3 is 15.5 Å². The molecule has 0 radical (unpaired) electrons. The summed E-state index contributed by atoms with van der Waals surface area (Å²) in [6.07, 6.45) is 3.37. The van der Waals surface area contributed by atoms with Crippen LogP contribution in [0.5, 0.6) is 0 Å². The van der Waals surface area contributed by atoms with Gasteiger partial charge in [-0.3, -0.25) is 9.59 Å². The standard InChI is InChI=1S/C22H27N3O2/c1-16-6-9-20(14-17(16)2)24-21(26)15-23-19-10-7-18(8-11-19)22(27)25-12-4-3-5-13-25/h6-11,14,23H,3-5,12-13,15H2,1-2H3,(H,24,26). The second kappa shape index (κ2) is 8.71. The Kier molecular flexibility index (Phi) is 6.12. The van der Waals surface area contributed by atoms with Gasteiger partial charge in [-0.15, -0.1) is 0 Å². The van der Waals surface area contributed by atoms with Crippen LogP contribution in [0.4, 0.5) is 11.4 Å². The molecule has 1 fully saturated rings. The third-order valence-corrected chi connectivity index (χ3v) is 5.02. The molecule has 0 atom stereocenters. The number of piperidine rings is 1. The fourth-order valence-electron chi connectivity index (χ4n) is 3.22. The Hall–Kier alpha value is -2.82. The van der Waals surface area contributed by atoms with Crippen molar-refractivity contribution < 1.29 is 9.59 Å². The fourth-order valence-corrected chi connectivity index (χ4v) is 3.22. The van der Waals surface area contributed by atoms with Crippen molar-refractivity contribution in [2.75, 3.05) is 30.3 Å². The zero-order valence-electron chi connectivity index (χ0n) is 16.0. The molecule has 2 aromatic rings. The highest BCUT2D eigenvalue weighted by Gasteiger charge is 2.17. The minimum Gasteiger partial charge on any atom is -0.376 e. The van der Waals surface area contributed by atoms with Crippen LogP contribution >= 0.6 is 0 Å². The van der Waals surface area contributed by atoms with E-state index in [-0.39, 0.29) is 18.4 Å². The molecule has 3 rings (SSSR count). The Labute approximate surface area is 160 Å². The first-order valence-corrected chi connectivity index (χ1v) is 9.53. The van der Waals surface area contributed by atoms with E-state index in [0.29, 0.717) is 5.56 Å². The van der Waals surface area contributed by atoms with Crippen molar-refractivity contribution in [3.05, 3.63) is 59.2 Å². The Bertz CT molecular complexity index is 809. The van der Waals surface area contributed by atoms with Crippen LogP contribution in [-0.4, -0.2) is 36.3 Å². The van der Waals surface area contributed by atoms with Crippen molar-refractivity contribution >= 4 is 23.2 Å². The number of likely N-dealkylation sites (tertiary alicyclic amines) is 1. The van der Waals surface area contributed by atoms with E-state index >= 15 is 0 Å². The van der Waals surface area contributed by atoms with Gasteiger partial charge in [0.05, 0.1) is 6.54 Å². The third kappa shape index (κ3) is 5.09. The highest BCUT2D eigenvalue weighted by Crippen LogP contribution is 2.16. The minimum absolute atomic E-state index is 0.0914. The SMILES string of the molecule is Cc1ccc(NC(=O)CNc2ccc(C(=O)N3CCCCC3)cc2)cc1C. The molecular weight excluding hydrogens is 338 g/mol. The Morgan fingerprint density at radius 2 is 1.56 bits per heavy atom. The lowest BCUT2D eigenvalue weighted by atomic mass is 10.1. The summed E-state index contributed by atoms with van der Waals surface area (Å²) in [6, 6.07) is 13.2. The summed E-state index contributed by atoms with van der Waals surface area (Å²) >= 11 is 0. The van der Waals surface area contributed by atoms with Gasteiger partial charge in [0.1, 0.15) is 0 Å². The van der Waals surface area contributed by atoms with E-state index in [1.54, 1.807) is 0 Å². The van der Waals surface area contributed by atoms with Gasteiger partial charge in [0.2, 0.25) is 5.91 Å². The zero-order chi connectivity index (χ0) is 19.2. The van der Waals surface area contributed by atoms with Crippen LogP contribution in [0.3, 0.4) is 0 Å². The van der Waals surface area contributed by atoms with Crippen LogP contribution in [-0.2, 0) is 4.79 Å². The number of aryl methyl sites for hydroxylation is 2. The van der Waals surface area contributed by atoms with Gasteiger partial charge in [-0.05, 0) is 80.6 Å². The summed E-state index contributed by atoms with van der Waals surface area (Å²) in [6.45, 7) is 5.93. The van der Waals surface area contributed by atoms with Gasteiger partial charge in [0, 0.05) is 30.0 Å². The van der Waals surface area contributed by atoms with E-state index < -0.39 is 0 Å². The van der Waals surface area contributed by atoms with E-state index in [2.05, 4.69) is 10.6 Å². The first-order valence-electron chi connectivity index (χ1n) is 9.53. The summed E-state index contributed by atoms with van der Waals surface area (Å²) in [5.74, 6) is -0.0135. The first-order chi connectivity index (χ1) is 13.0. The second-order valence-corrected chi connectivity index (χ2v) is 7.13. The number of amides is 2. The molecule has 27 heavy (non-hydrogen) atoms. The van der Waals surface area contributed by atoms with Crippen LogP contribution in [0.1, 0.15) is 40.7 Å².